The second-order valence-corrected chi connectivity index (χ2v) is 15.9. The predicted octanol–water partition coefficient (Wildman–Crippen LogP) is 2.09. The summed E-state index contributed by atoms with van der Waals surface area (Å²) >= 11 is 18.8. The Kier molecular flexibility index (Phi) is 15.4. The van der Waals surface area contributed by atoms with Crippen LogP contribution in [0.3, 0.4) is 0 Å². The van der Waals surface area contributed by atoms with E-state index < -0.39 is 99.3 Å². The molecule has 0 radical (unpaired) electrons. The molecule has 0 spiro atoms. The molecule has 3 unspecified atom stereocenters. The van der Waals surface area contributed by atoms with E-state index in [0.29, 0.717) is 9.78 Å². The number of nitrogens with two attached hydrogens (primary N) is 1. The smallest absolute Gasteiger partial charge is 0.407 e. The third-order valence-electron chi connectivity index (χ3n) is 7.62. The average molecular weight is 834 g/mol. The molecule has 0 bridgehead atoms. The second-order valence-electron chi connectivity index (χ2n) is 11.1. The number of carbonyl (C=O) groups is 7. The highest BCUT2D eigenvalue weighted by Crippen LogP contribution is 2.52. The molecule has 3 rings (SSSR count). The maximum atomic E-state index is 14.0. The van der Waals surface area contributed by atoms with E-state index in [-0.39, 0.29) is 31.6 Å². The number of alkyl halides is 3. The number of rotatable bonds is 18. The van der Waals surface area contributed by atoms with Crippen LogP contribution in [0.1, 0.15) is 24.1 Å². The van der Waals surface area contributed by atoms with Crippen LogP contribution in [0.25, 0.3) is 0 Å². The summed E-state index contributed by atoms with van der Waals surface area (Å²) in [6.07, 6.45) is -6.53. The molecule has 1 fully saturated rings. The molecule has 288 valence electrons. The summed E-state index contributed by atoms with van der Waals surface area (Å²) in [6, 6.07) is 1.63. The van der Waals surface area contributed by atoms with Crippen LogP contribution in [0.5, 0.6) is 0 Å². The normalized spacial score (nSPS) is 21.0. The van der Waals surface area contributed by atoms with E-state index in [1.54, 1.807) is 17.5 Å². The molecule has 0 saturated carbocycles. The van der Waals surface area contributed by atoms with Gasteiger partial charge in [0.25, 0.3) is 5.91 Å². The third-order valence-corrected chi connectivity index (χ3v) is 10.4. The largest absolute Gasteiger partial charge is 0.480 e. The minimum Gasteiger partial charge on any atom is -0.480 e. The van der Waals surface area contributed by atoms with Gasteiger partial charge in [0.1, 0.15) is 23.7 Å². The van der Waals surface area contributed by atoms with Crippen molar-refractivity contribution in [2.45, 2.75) is 58.0 Å². The molecule has 1 saturated heterocycles. The van der Waals surface area contributed by atoms with Crippen molar-refractivity contribution in [3.05, 3.63) is 33.7 Å². The average Bonchev–Trinajstić information content (AvgIpc) is 3.57. The summed E-state index contributed by atoms with van der Waals surface area (Å²) in [7, 11) is 3.87. The number of methoxy groups -OCH3 is 3. The van der Waals surface area contributed by atoms with Crippen molar-refractivity contribution < 1.29 is 67.5 Å². The van der Waals surface area contributed by atoms with Crippen LogP contribution < -0.4 is 11.1 Å². The Morgan fingerprint density at radius 1 is 1.12 bits per heavy atom. The van der Waals surface area contributed by atoms with E-state index >= 15 is 0 Å². The van der Waals surface area contributed by atoms with Crippen LogP contribution in [0, 0.1) is 0 Å². The Bertz CT molecular complexity index is 1560. The first-order valence-corrected chi connectivity index (χ1v) is 17.9. The number of amides is 5. The summed E-state index contributed by atoms with van der Waals surface area (Å²) in [5.41, 5.74) is 2.72. The zero-order valence-corrected chi connectivity index (χ0v) is 31.6. The molecule has 0 aliphatic carbocycles. The first-order valence-electron chi connectivity index (χ1n) is 15.0. The van der Waals surface area contributed by atoms with E-state index in [2.05, 4.69) is 5.32 Å². The van der Waals surface area contributed by atoms with Gasteiger partial charge in [0.05, 0.1) is 24.9 Å². The number of halogens is 3. The Morgan fingerprint density at radius 3 is 2.33 bits per heavy atom. The Morgan fingerprint density at radius 2 is 1.81 bits per heavy atom. The molecule has 2 aliphatic rings. The number of imide groups is 1. The summed E-state index contributed by atoms with van der Waals surface area (Å²) < 4.78 is 24.1. The van der Waals surface area contributed by atoms with Gasteiger partial charge < -0.3 is 44.9 Å². The number of alkyl carbamates (subject to hydrolysis) is 1. The summed E-state index contributed by atoms with van der Waals surface area (Å²) in [5, 5.41) is 21.8. The van der Waals surface area contributed by atoms with Crippen molar-refractivity contribution >= 4 is 99.7 Å². The fraction of sp³-hybridized carbons (Fsp3) is 0.552. The lowest BCUT2D eigenvalue weighted by Gasteiger charge is -2.57. The number of primary amides is 1. The molecule has 52 heavy (non-hydrogen) atoms. The number of nitrogens with zero attached hydrogens (tertiary/aromatic N) is 2. The highest BCUT2D eigenvalue weighted by molar-refractivity contribution is 8.01. The number of ether oxygens (including phenoxy) is 5. The number of nitrogens with one attached hydrogen (secondary N) is 1. The highest BCUT2D eigenvalue weighted by Gasteiger charge is 2.67. The first kappa shape index (κ1) is 43.0. The summed E-state index contributed by atoms with van der Waals surface area (Å²) in [6.45, 7) is -1.21. The topological polar surface area (TPSA) is 251 Å². The van der Waals surface area contributed by atoms with E-state index in [1.165, 1.54) is 32.7 Å². The zero-order valence-electron chi connectivity index (χ0n) is 27.7. The van der Waals surface area contributed by atoms with Gasteiger partial charge in [0.15, 0.2) is 5.60 Å². The molecular formula is C29H35Cl3N4O14S2. The van der Waals surface area contributed by atoms with E-state index in [4.69, 9.17) is 64.2 Å². The van der Waals surface area contributed by atoms with Gasteiger partial charge in [0.2, 0.25) is 21.8 Å². The van der Waals surface area contributed by atoms with E-state index in [0.717, 1.165) is 16.7 Å². The number of aliphatic carboxylic acids is 2. The van der Waals surface area contributed by atoms with E-state index in [9.17, 15) is 43.8 Å². The molecule has 0 aromatic carbocycles. The van der Waals surface area contributed by atoms with Gasteiger partial charge in [-0.05, 0) is 24.3 Å². The van der Waals surface area contributed by atoms with Gasteiger partial charge in [0, 0.05) is 38.2 Å². The van der Waals surface area contributed by atoms with Crippen molar-refractivity contribution in [2.24, 2.45) is 5.73 Å². The van der Waals surface area contributed by atoms with Crippen LogP contribution in [0.15, 0.2) is 28.8 Å². The van der Waals surface area contributed by atoms with Gasteiger partial charge in [-0.1, -0.05) is 40.9 Å². The molecule has 23 heteroatoms. The number of thioether (sulfide) groups is 1. The van der Waals surface area contributed by atoms with Crippen LogP contribution in [-0.4, -0.2) is 135 Å². The van der Waals surface area contributed by atoms with Crippen molar-refractivity contribution in [1.29, 1.82) is 0 Å². The fourth-order valence-electron chi connectivity index (χ4n) is 5.43. The van der Waals surface area contributed by atoms with E-state index in [1.807, 2.05) is 0 Å². The van der Waals surface area contributed by atoms with Crippen LogP contribution in [0.2, 0.25) is 0 Å². The molecule has 5 N–H and O–H groups in total. The van der Waals surface area contributed by atoms with Crippen molar-refractivity contribution in [2.75, 3.05) is 41.2 Å². The number of fused-ring (bicyclic) bond motifs is 1. The van der Waals surface area contributed by atoms with Crippen molar-refractivity contribution in [3.63, 3.8) is 0 Å². The third kappa shape index (κ3) is 10.2. The lowest BCUT2D eigenvalue weighted by molar-refractivity contribution is -0.193. The van der Waals surface area contributed by atoms with Gasteiger partial charge in [-0.2, -0.15) is 0 Å². The van der Waals surface area contributed by atoms with Crippen LogP contribution in [-0.2, 0) is 54.1 Å². The number of carboxylic acids is 2. The summed E-state index contributed by atoms with van der Waals surface area (Å²) in [5.74, 6) is -6.00. The van der Waals surface area contributed by atoms with Crippen molar-refractivity contribution in [3.8, 4) is 0 Å². The molecular weight excluding hydrogens is 799 g/mol. The quantitative estimate of drug-likeness (QED) is 0.0939. The van der Waals surface area contributed by atoms with Gasteiger partial charge in [-0.15, -0.1) is 23.1 Å². The minimum atomic E-state index is -2.12. The zero-order chi connectivity index (χ0) is 39.0. The Hall–Kier alpha value is -3.37. The summed E-state index contributed by atoms with van der Waals surface area (Å²) in [4.78, 5) is 92.8. The Balaban J connectivity index is 2.06. The van der Waals surface area contributed by atoms with Crippen LogP contribution in [0.4, 0.5) is 9.59 Å². The van der Waals surface area contributed by atoms with Gasteiger partial charge in [-0.3, -0.25) is 19.3 Å². The van der Waals surface area contributed by atoms with Gasteiger partial charge >= 0.3 is 24.1 Å². The highest BCUT2D eigenvalue weighted by atomic mass is 35.6. The second kappa shape index (κ2) is 18.6. The molecule has 1 aromatic rings. The predicted molar refractivity (Wildman–Crippen MR) is 185 cm³/mol. The number of thiophene rings is 1. The van der Waals surface area contributed by atoms with Crippen molar-refractivity contribution in [1.82, 2.24) is 15.1 Å². The molecule has 18 nitrogen and oxygen atoms in total. The maximum Gasteiger partial charge on any atom is 0.407 e. The monoisotopic (exact) mass is 832 g/mol. The lowest BCUT2D eigenvalue weighted by Crippen LogP contribution is -2.77. The van der Waals surface area contributed by atoms with Gasteiger partial charge in [-0.25, -0.2) is 24.1 Å². The fourth-order valence-corrected chi connectivity index (χ4v) is 7.99. The number of β-lactam (4-membered cyclic amide) rings is 1. The molecule has 5 atom stereocenters. The Labute approximate surface area is 319 Å². The number of carbonyl (C=O) groups excluding carboxylic acids is 5. The molecule has 5 amide bonds. The number of hydrogen-bond donors (Lipinski definition) is 4. The molecule has 2 aliphatic heterocycles. The SMILES string of the molecule is COCC1S[C@@H]2N(C(=O)[C@@]2(COC)OC)C(C(=O)O)=C1C(OC(N)=O)N(C(=O)CCCC(NC(=O)OCC(Cl)(Cl)Cl)C(=O)O)C(=O)Cc1cccs1. The standard InChI is InChI=1S/C29H35Cl3N4O14S2/c1-46-11-16-19(20(23(41)42)36-24(43)28(48-3,12-47-2)25(36)52-16)21(50-26(33)44)35(18(38)10-14-6-5-9-51-14)17(37)8-4-7-15(22(39)40)34-27(45)49-13-29(30,31)32/h5-6,9,15-16,21,25H,4,7-8,10-13H2,1-3H3,(H2,33,44)(H,34,45)(H,39,40)(H,41,42)/t15?,16?,21?,25-,28+/m0/s1. The van der Waals surface area contributed by atoms with Crippen LogP contribution >= 0.6 is 57.9 Å². The lowest BCUT2D eigenvalue weighted by atomic mass is 9.89. The minimum absolute atomic E-state index is 0.250. The molecule has 1 aromatic heterocycles. The first-order chi connectivity index (χ1) is 24.4. The maximum absolute atomic E-state index is 14.0. The number of carboxylic acid groups (broad SMARTS) is 2. The number of hydrogen-bond acceptors (Lipinski definition) is 14. The molecule has 3 heterocycles.